The minimum absolute atomic E-state index is 0.0163. The van der Waals surface area contributed by atoms with Gasteiger partial charge in [0.1, 0.15) is 120 Å². The molecule has 8 aromatic carbocycles. The average molecular weight is 1550 g/mol. The Morgan fingerprint density at radius 2 is 0.835 bits per heavy atom. The topological polar surface area (TPSA) is 326 Å². The van der Waals surface area contributed by atoms with Crippen LogP contribution in [0.2, 0.25) is 15.1 Å². The summed E-state index contributed by atoms with van der Waals surface area (Å²) in [6.45, 7) is 2.59. The van der Waals surface area contributed by atoms with Crippen molar-refractivity contribution >= 4 is 51.9 Å². The van der Waals surface area contributed by atoms with Crippen LogP contribution in [0.4, 0.5) is 17.1 Å². The van der Waals surface area contributed by atoms with Crippen molar-refractivity contribution in [2.45, 2.75) is 179 Å². The second-order valence-corrected chi connectivity index (χ2v) is 31.7. The van der Waals surface area contributed by atoms with Gasteiger partial charge in [0, 0.05) is 40.8 Å². The third-order valence-corrected chi connectivity index (χ3v) is 23.7. The van der Waals surface area contributed by atoms with Gasteiger partial charge >= 0.3 is 0 Å². The highest BCUT2D eigenvalue weighted by Gasteiger charge is 2.56. The molecule has 0 radical (unpaired) electrons. The van der Waals surface area contributed by atoms with Gasteiger partial charge in [0.2, 0.25) is 5.79 Å². The second kappa shape index (κ2) is 31.8. The van der Waals surface area contributed by atoms with Crippen LogP contribution in [0.1, 0.15) is 112 Å². The van der Waals surface area contributed by atoms with Gasteiger partial charge in [-0.15, -0.1) is 0 Å². The minimum atomic E-state index is -1.81. The summed E-state index contributed by atoms with van der Waals surface area (Å²) in [6, 6.07) is 55.0. The molecule has 6 heterocycles. The van der Waals surface area contributed by atoms with Crippen LogP contribution in [0.25, 0.3) is 0 Å². The molecule has 578 valence electrons. The van der Waals surface area contributed by atoms with E-state index in [4.69, 9.17) is 68.0 Å². The first kappa shape index (κ1) is 77.1. The fourth-order valence-corrected chi connectivity index (χ4v) is 16.3. The summed E-state index contributed by atoms with van der Waals surface area (Å²) < 4.78 is 41.9. The van der Waals surface area contributed by atoms with Crippen molar-refractivity contribution in [1.29, 1.82) is 0 Å². The van der Waals surface area contributed by atoms with Gasteiger partial charge in [0.25, 0.3) is 0 Å². The van der Waals surface area contributed by atoms with Gasteiger partial charge in [-0.2, -0.15) is 0 Å². The minimum Gasteiger partial charge on any atom is -0.483 e. The Bertz CT molecular complexity index is 4530. The Hall–Kier alpha value is -7.21. The molecule has 0 amide bonds. The monoisotopic (exact) mass is 1550 g/mol. The van der Waals surface area contributed by atoms with Crippen LogP contribution in [-0.4, -0.2) is 198 Å². The van der Waals surface area contributed by atoms with Gasteiger partial charge in [0.15, 0.2) is 0 Å². The van der Waals surface area contributed by atoms with Crippen LogP contribution in [0.15, 0.2) is 170 Å². The molecule has 0 aromatic heterocycles. The smallest absolute Gasteiger partial charge is 0.224 e. The molecule has 3 saturated heterocycles. The summed E-state index contributed by atoms with van der Waals surface area (Å²) in [7, 11) is 1.34. The molecule has 9 aliphatic rings. The molecule has 17 rings (SSSR count). The highest BCUT2D eigenvalue weighted by molar-refractivity contribution is 6.32. The number of hydrogen-bond donors (Lipinski definition) is 13. The Labute approximate surface area is 646 Å². The predicted octanol–water partition coefficient (Wildman–Crippen LogP) is 8.30. The number of benzene rings is 8. The highest BCUT2D eigenvalue weighted by atomic mass is 35.5. The molecule has 109 heavy (non-hydrogen) atoms. The van der Waals surface area contributed by atoms with E-state index in [1.807, 2.05) is 54.6 Å². The molecule has 25 heteroatoms. The molecule has 1 unspecified atom stereocenters. The summed E-state index contributed by atoms with van der Waals surface area (Å²) in [4.78, 5) is 4.78. The number of fused-ring (bicyclic) bond motifs is 3. The molecule has 6 fully saturated rings. The third-order valence-electron chi connectivity index (χ3n) is 22.6. The van der Waals surface area contributed by atoms with E-state index >= 15 is 0 Å². The van der Waals surface area contributed by atoms with Crippen molar-refractivity contribution in [3.63, 3.8) is 0 Å². The summed E-state index contributed by atoms with van der Waals surface area (Å²) in [5.41, 5.74) is 12.6. The maximum Gasteiger partial charge on any atom is 0.224 e. The zero-order chi connectivity index (χ0) is 76.3. The van der Waals surface area contributed by atoms with Crippen LogP contribution >= 0.6 is 34.8 Å². The fraction of sp³-hybridized carbons (Fsp3) is 0.429. The number of hydrogen-bond acceptors (Lipinski definition) is 22. The highest BCUT2D eigenvalue weighted by Crippen LogP contribution is 2.52. The van der Waals surface area contributed by atoms with E-state index in [-0.39, 0.29) is 16.8 Å². The lowest BCUT2D eigenvalue weighted by molar-refractivity contribution is -0.366. The third kappa shape index (κ3) is 16.2. The Kier molecular flexibility index (Phi) is 22.5. The standard InChI is InChI=1S/C31H34ClNO7.C30H32ClNO6.C23H26ClNO6/c1-38-31(29(37)28(36)27(35)26(17-34)40-31)22-8-9-23(32)21(15-22)13-20-7-10-25-24(14-20)33(18-30(39-25)11-12-30)16-19-5-3-2-4-6-19;31-22-8-7-20(29-28(36)27(35)26(34)25(16-33)37-29)14-21(22)12-19-6-9-24-23(13-19)32(17-30(38-24)10-11-30)15-18-4-2-1-3-5-18;24-15-3-2-13(22-21(29)20(28)19(27)18(10-26)30-22)9-14(15)7-12-1-4-17-16(8-12)25-11-23(31-17)5-6-23/h2-10,14-15,26-29,34-37H,11-13,16-18H2,1H3;1-9,13-14,25-29,33-36H,10-12,15-17H2;1-4,8-9,18-22,25-29H,5-7,10-11H2/t26-,27-,28+,29-,31?;25-,26-,27+,28-,29+;18-,19-,20+,21-,22+/m111/s1. The van der Waals surface area contributed by atoms with Crippen LogP contribution < -0.4 is 29.3 Å². The number of nitrogens with zero attached hydrogens (tertiary/aromatic N) is 2. The molecule has 15 atom stereocenters. The number of rotatable bonds is 17. The summed E-state index contributed by atoms with van der Waals surface area (Å²) in [5, 5.41) is 127. The molecule has 13 N–H and O–H groups in total. The molecule has 0 bridgehead atoms. The molecule has 22 nitrogen and oxygen atoms in total. The molecule has 3 aliphatic carbocycles. The summed E-state index contributed by atoms with van der Waals surface area (Å²) in [6.07, 6.45) is -9.84. The first-order chi connectivity index (χ1) is 52.5. The van der Waals surface area contributed by atoms with Crippen molar-refractivity contribution in [3.05, 3.63) is 246 Å². The van der Waals surface area contributed by atoms with Gasteiger partial charge in [-0.05, 0) is 174 Å². The van der Waals surface area contributed by atoms with Gasteiger partial charge < -0.3 is 110 Å². The molecular weight excluding hydrogens is 1460 g/mol. The summed E-state index contributed by atoms with van der Waals surface area (Å²) in [5.74, 6) is 0.839. The van der Waals surface area contributed by atoms with Crippen molar-refractivity contribution in [1.82, 2.24) is 0 Å². The van der Waals surface area contributed by atoms with E-state index < -0.39 is 111 Å². The second-order valence-electron chi connectivity index (χ2n) is 30.5. The molecule has 3 saturated carbocycles. The number of halogens is 3. The average Bonchev–Trinajstić information content (AvgIpc) is 1.53. The first-order valence-corrected chi connectivity index (χ1v) is 38.3. The van der Waals surface area contributed by atoms with Gasteiger partial charge in [0.05, 0.1) is 56.5 Å². The largest absolute Gasteiger partial charge is 0.483 e. The number of aliphatic hydroxyl groups excluding tert-OH is 12. The van der Waals surface area contributed by atoms with E-state index in [0.717, 1.165) is 139 Å². The van der Waals surface area contributed by atoms with E-state index in [0.29, 0.717) is 51.0 Å². The SMILES string of the molecule is COC1(c2ccc(Cl)c(Cc3ccc4c(c3)N(Cc3ccccc3)CC3(CC3)O4)c2)O[C@H](CO)[C@@H](O)[C@H](O)[C@H]1O.OC[C@H]1O[C@@H](c2ccc(Cl)c(Cc3ccc4c(c3)N(Cc3ccccc3)CC3(CC3)O4)c2)[C@H](O)[C@@H](O)[C@@H]1O.OC[C@H]1O[C@@H](c2ccc(Cl)c(Cc3ccc4c(c3)NCC3(CC3)O4)c2)[C@H](O)[C@@H](O)[C@@H]1O. The molecule has 3 spiro atoms. The van der Waals surface area contributed by atoms with E-state index in [9.17, 15) is 61.3 Å². The van der Waals surface area contributed by atoms with Crippen LogP contribution in [0.5, 0.6) is 17.2 Å². The van der Waals surface area contributed by atoms with Gasteiger partial charge in [-0.1, -0.05) is 144 Å². The van der Waals surface area contributed by atoms with Gasteiger partial charge in [-0.25, -0.2) is 0 Å². The fourth-order valence-electron chi connectivity index (χ4n) is 15.8. The Morgan fingerprint density at radius 1 is 0.422 bits per heavy atom. The lowest BCUT2D eigenvalue weighted by Gasteiger charge is -2.47. The number of ether oxygens (including phenoxy) is 7. The lowest BCUT2D eigenvalue weighted by atomic mass is 9.87. The summed E-state index contributed by atoms with van der Waals surface area (Å²) >= 11 is 19.7. The van der Waals surface area contributed by atoms with E-state index in [2.05, 4.69) is 87.9 Å². The number of nitrogens with one attached hydrogen (secondary N) is 1. The van der Waals surface area contributed by atoms with E-state index in [1.54, 1.807) is 42.5 Å². The van der Waals surface area contributed by atoms with Crippen molar-refractivity contribution in [2.75, 3.05) is 61.7 Å². The zero-order valence-corrected chi connectivity index (χ0v) is 62.3. The Balaban J connectivity index is 0.000000131. The normalized spacial score (nSPS) is 29.0. The van der Waals surface area contributed by atoms with Crippen LogP contribution in [-0.2, 0) is 57.1 Å². The Morgan fingerprint density at radius 3 is 1.28 bits per heavy atom. The van der Waals surface area contributed by atoms with Crippen molar-refractivity contribution in [2.24, 2.45) is 0 Å². The molecule has 6 aliphatic heterocycles. The number of anilines is 3. The van der Waals surface area contributed by atoms with Crippen molar-refractivity contribution in [3.8, 4) is 17.2 Å². The molecular formula is C84H92Cl3N3O19. The number of methoxy groups -OCH3 is 1. The zero-order valence-electron chi connectivity index (χ0n) is 60.0. The van der Waals surface area contributed by atoms with Crippen molar-refractivity contribution < 1.29 is 94.4 Å². The maximum absolute atomic E-state index is 10.9. The van der Waals surface area contributed by atoms with E-state index in [1.165, 1.54) is 18.2 Å². The van der Waals surface area contributed by atoms with Gasteiger partial charge in [-0.3, -0.25) is 0 Å². The first-order valence-electron chi connectivity index (χ1n) is 37.1. The maximum atomic E-state index is 10.9. The van der Waals surface area contributed by atoms with Crippen LogP contribution in [0, 0.1) is 0 Å². The molecule has 8 aromatic rings. The quantitative estimate of drug-likeness (QED) is 0.0407. The predicted molar refractivity (Wildman–Crippen MR) is 407 cm³/mol. The lowest BCUT2D eigenvalue weighted by Crippen LogP contribution is -2.64. The van der Waals surface area contributed by atoms with Crippen LogP contribution in [0.3, 0.4) is 0 Å². The number of aliphatic hydroxyl groups is 12.